The van der Waals surface area contributed by atoms with E-state index in [1.54, 1.807) is 24.3 Å². The van der Waals surface area contributed by atoms with Crippen LogP contribution >= 0.6 is 11.6 Å². The number of carbonyl (C=O) groups excluding carboxylic acids is 1. The molecule has 17 heavy (non-hydrogen) atoms. The van der Waals surface area contributed by atoms with Gasteiger partial charge in [0.2, 0.25) is 0 Å². The van der Waals surface area contributed by atoms with Gasteiger partial charge in [-0.1, -0.05) is 23.7 Å². The van der Waals surface area contributed by atoms with Gasteiger partial charge in [0.1, 0.15) is 6.61 Å². The van der Waals surface area contributed by atoms with E-state index < -0.39 is 0 Å². The maximum absolute atomic E-state index is 11.9. The lowest BCUT2D eigenvalue weighted by atomic mass is 10.1. The molecule has 0 radical (unpaired) electrons. The summed E-state index contributed by atoms with van der Waals surface area (Å²) < 4.78 is 10.8. The Morgan fingerprint density at radius 2 is 2.06 bits per heavy atom. The largest absolute Gasteiger partial charge is 0.381 e. The van der Waals surface area contributed by atoms with Gasteiger partial charge in [-0.2, -0.15) is 0 Å². The smallest absolute Gasteiger partial charge is 0.189 e. The fourth-order valence-corrected chi connectivity index (χ4v) is 2.04. The molecule has 0 spiro atoms. The molecule has 1 heterocycles. The van der Waals surface area contributed by atoms with Gasteiger partial charge in [-0.15, -0.1) is 0 Å². The minimum atomic E-state index is -0.0675. The molecular formula is C13H15ClO3. The third-order valence-corrected chi connectivity index (χ3v) is 3.12. The van der Waals surface area contributed by atoms with Crippen LogP contribution in [0.25, 0.3) is 0 Å². The van der Waals surface area contributed by atoms with Crippen molar-refractivity contribution in [2.45, 2.75) is 18.9 Å². The summed E-state index contributed by atoms with van der Waals surface area (Å²) in [7, 11) is 0. The fourth-order valence-electron chi connectivity index (χ4n) is 1.80. The van der Waals surface area contributed by atoms with Gasteiger partial charge < -0.3 is 9.47 Å². The van der Waals surface area contributed by atoms with E-state index in [4.69, 9.17) is 21.1 Å². The molecular weight excluding hydrogens is 240 g/mol. The van der Waals surface area contributed by atoms with Crippen molar-refractivity contribution in [2.24, 2.45) is 0 Å². The van der Waals surface area contributed by atoms with Crippen LogP contribution in [-0.4, -0.2) is 31.7 Å². The molecule has 1 fully saturated rings. The Hall–Kier alpha value is -0.900. The van der Waals surface area contributed by atoms with Crippen molar-refractivity contribution in [3.05, 3.63) is 34.9 Å². The van der Waals surface area contributed by atoms with Gasteiger partial charge in [0.15, 0.2) is 5.78 Å². The van der Waals surface area contributed by atoms with Crippen LogP contribution in [0.1, 0.15) is 23.2 Å². The van der Waals surface area contributed by atoms with Crippen molar-refractivity contribution in [1.29, 1.82) is 0 Å². The van der Waals surface area contributed by atoms with Gasteiger partial charge in [-0.05, 0) is 25.0 Å². The van der Waals surface area contributed by atoms with Gasteiger partial charge in [-0.25, -0.2) is 0 Å². The first-order valence-electron chi connectivity index (χ1n) is 5.74. The Morgan fingerprint density at radius 1 is 1.35 bits per heavy atom. The number of ketones is 1. The zero-order valence-corrected chi connectivity index (χ0v) is 10.3. The van der Waals surface area contributed by atoms with E-state index in [-0.39, 0.29) is 18.5 Å². The van der Waals surface area contributed by atoms with E-state index in [0.29, 0.717) is 23.8 Å². The molecule has 0 amide bonds. The normalized spacial score (nSPS) is 17.0. The van der Waals surface area contributed by atoms with Crippen molar-refractivity contribution < 1.29 is 14.3 Å². The summed E-state index contributed by atoms with van der Waals surface area (Å²) in [6.45, 7) is 1.52. The quantitative estimate of drug-likeness (QED) is 0.775. The summed E-state index contributed by atoms with van der Waals surface area (Å²) in [5.41, 5.74) is 0.529. The predicted octanol–water partition coefficient (Wildman–Crippen LogP) is 2.72. The maximum atomic E-state index is 11.9. The summed E-state index contributed by atoms with van der Waals surface area (Å²) in [6, 6.07) is 7.03. The summed E-state index contributed by atoms with van der Waals surface area (Å²) in [4.78, 5) is 11.9. The molecule has 92 valence electrons. The van der Waals surface area contributed by atoms with Gasteiger partial charge in [0, 0.05) is 18.8 Å². The molecule has 2 rings (SSSR count). The SMILES string of the molecule is O=C(COC1CCOCC1)c1ccccc1Cl. The number of Topliss-reactive ketones (excluding diaryl/α,β-unsaturated/α-hetero) is 1. The third kappa shape index (κ3) is 3.53. The number of ether oxygens (including phenoxy) is 2. The first-order valence-corrected chi connectivity index (χ1v) is 6.12. The topological polar surface area (TPSA) is 35.5 Å². The Bertz CT molecular complexity index is 386. The molecule has 0 aliphatic carbocycles. The van der Waals surface area contributed by atoms with Gasteiger partial charge >= 0.3 is 0 Å². The van der Waals surface area contributed by atoms with Gasteiger partial charge in [0.05, 0.1) is 11.1 Å². The summed E-state index contributed by atoms with van der Waals surface area (Å²) in [5, 5.41) is 0.480. The molecule has 1 aliphatic rings. The molecule has 4 heteroatoms. The molecule has 0 unspecified atom stereocenters. The number of hydrogen-bond acceptors (Lipinski definition) is 3. The van der Waals surface area contributed by atoms with Crippen molar-refractivity contribution in [3.8, 4) is 0 Å². The van der Waals surface area contributed by atoms with E-state index >= 15 is 0 Å². The van der Waals surface area contributed by atoms with Crippen LogP contribution in [0.2, 0.25) is 5.02 Å². The molecule has 1 saturated heterocycles. The molecule has 0 aromatic heterocycles. The summed E-state index contributed by atoms with van der Waals surface area (Å²) >= 11 is 5.94. The molecule has 0 bridgehead atoms. The van der Waals surface area contributed by atoms with E-state index in [2.05, 4.69) is 0 Å². The molecule has 1 aromatic carbocycles. The molecule has 0 N–H and O–H groups in total. The highest BCUT2D eigenvalue weighted by Crippen LogP contribution is 2.17. The van der Waals surface area contributed by atoms with Crippen LogP contribution in [-0.2, 0) is 9.47 Å². The Labute approximate surface area is 106 Å². The van der Waals surface area contributed by atoms with E-state index in [1.165, 1.54) is 0 Å². The lowest BCUT2D eigenvalue weighted by Crippen LogP contribution is -2.25. The predicted molar refractivity (Wildman–Crippen MR) is 65.6 cm³/mol. The molecule has 3 nitrogen and oxygen atoms in total. The second-order valence-corrected chi connectivity index (χ2v) is 4.43. The standard InChI is InChI=1S/C13H15ClO3/c14-12-4-2-1-3-11(12)13(15)9-17-10-5-7-16-8-6-10/h1-4,10H,5-9H2. The van der Waals surface area contributed by atoms with Gasteiger partial charge in [-0.3, -0.25) is 4.79 Å². The van der Waals surface area contributed by atoms with Crippen LogP contribution in [0, 0.1) is 0 Å². The molecule has 0 saturated carbocycles. The summed E-state index contributed by atoms with van der Waals surface area (Å²) in [5.74, 6) is -0.0675. The van der Waals surface area contributed by atoms with Crippen LogP contribution in [0.4, 0.5) is 0 Å². The van der Waals surface area contributed by atoms with Crippen LogP contribution in [0.5, 0.6) is 0 Å². The lowest BCUT2D eigenvalue weighted by Gasteiger charge is -2.22. The number of halogens is 1. The van der Waals surface area contributed by atoms with Crippen molar-refractivity contribution >= 4 is 17.4 Å². The number of hydrogen-bond donors (Lipinski definition) is 0. The van der Waals surface area contributed by atoms with E-state index in [1.807, 2.05) is 0 Å². The Morgan fingerprint density at radius 3 is 2.76 bits per heavy atom. The van der Waals surface area contributed by atoms with Gasteiger partial charge in [0.25, 0.3) is 0 Å². The Kier molecular flexibility index (Phi) is 4.54. The highest BCUT2D eigenvalue weighted by atomic mass is 35.5. The Balaban J connectivity index is 1.87. The monoisotopic (exact) mass is 254 g/mol. The molecule has 0 atom stereocenters. The van der Waals surface area contributed by atoms with Crippen LogP contribution in [0.15, 0.2) is 24.3 Å². The fraction of sp³-hybridized carbons (Fsp3) is 0.462. The van der Waals surface area contributed by atoms with Crippen LogP contribution in [0.3, 0.4) is 0 Å². The zero-order valence-electron chi connectivity index (χ0n) is 9.52. The van der Waals surface area contributed by atoms with Crippen LogP contribution < -0.4 is 0 Å². The second kappa shape index (κ2) is 6.15. The van der Waals surface area contributed by atoms with Crippen molar-refractivity contribution in [1.82, 2.24) is 0 Å². The van der Waals surface area contributed by atoms with E-state index in [9.17, 15) is 4.79 Å². The number of rotatable bonds is 4. The minimum absolute atomic E-state index is 0.0675. The average Bonchev–Trinajstić information content (AvgIpc) is 2.38. The number of carbonyl (C=O) groups is 1. The minimum Gasteiger partial charge on any atom is -0.381 e. The third-order valence-electron chi connectivity index (χ3n) is 2.79. The lowest BCUT2D eigenvalue weighted by molar-refractivity contribution is -0.0262. The highest BCUT2D eigenvalue weighted by molar-refractivity contribution is 6.34. The highest BCUT2D eigenvalue weighted by Gasteiger charge is 2.17. The van der Waals surface area contributed by atoms with E-state index in [0.717, 1.165) is 12.8 Å². The number of benzene rings is 1. The average molecular weight is 255 g/mol. The van der Waals surface area contributed by atoms with Crippen molar-refractivity contribution in [2.75, 3.05) is 19.8 Å². The second-order valence-electron chi connectivity index (χ2n) is 4.03. The first kappa shape index (κ1) is 12.6. The summed E-state index contributed by atoms with van der Waals surface area (Å²) in [6.07, 6.45) is 1.85. The first-order chi connectivity index (χ1) is 8.27. The molecule has 1 aliphatic heterocycles. The maximum Gasteiger partial charge on any atom is 0.189 e. The van der Waals surface area contributed by atoms with Crippen molar-refractivity contribution in [3.63, 3.8) is 0 Å². The zero-order chi connectivity index (χ0) is 12.1. The molecule has 1 aromatic rings.